The second-order valence-corrected chi connectivity index (χ2v) is 4.75. The first kappa shape index (κ1) is 13.0. The summed E-state index contributed by atoms with van der Waals surface area (Å²) in [5.41, 5.74) is 9.68. The van der Waals surface area contributed by atoms with Crippen molar-refractivity contribution >= 4 is 18.0 Å². The summed E-state index contributed by atoms with van der Waals surface area (Å²) in [5.74, 6) is 6.93. The average Bonchev–Trinajstić information content (AvgIpc) is 2.53. The van der Waals surface area contributed by atoms with Gasteiger partial charge in [-0.25, -0.2) is 0 Å². The van der Waals surface area contributed by atoms with E-state index < -0.39 is 0 Å². The van der Waals surface area contributed by atoms with E-state index in [0.717, 1.165) is 34.4 Å². The Bertz CT molecular complexity index is 777. The first-order valence-corrected chi connectivity index (χ1v) is 6.55. The van der Waals surface area contributed by atoms with Crippen LogP contribution in [0.3, 0.4) is 0 Å². The molecular formula is C18H13NO2. The maximum absolute atomic E-state index is 10.7. The molecule has 0 atom stereocenters. The highest BCUT2D eigenvalue weighted by atomic mass is 16.5. The lowest BCUT2D eigenvalue weighted by Crippen LogP contribution is -2.08. The van der Waals surface area contributed by atoms with Crippen LogP contribution < -0.4 is 10.5 Å². The van der Waals surface area contributed by atoms with E-state index >= 15 is 0 Å². The molecule has 1 heterocycles. The summed E-state index contributed by atoms with van der Waals surface area (Å²) in [6.45, 7) is 0.311. The fraction of sp³-hybridized carbons (Fsp3) is 0.0556. The number of fused-ring (bicyclic) bond motifs is 1. The molecule has 0 amide bonds. The Hall–Kier alpha value is -2.99. The van der Waals surface area contributed by atoms with Crippen molar-refractivity contribution in [1.29, 1.82) is 0 Å². The topological polar surface area (TPSA) is 52.3 Å². The van der Waals surface area contributed by atoms with Crippen LogP contribution >= 0.6 is 0 Å². The molecule has 0 aromatic heterocycles. The van der Waals surface area contributed by atoms with Crippen LogP contribution in [0.5, 0.6) is 5.75 Å². The minimum Gasteiger partial charge on any atom is -0.488 e. The van der Waals surface area contributed by atoms with Crippen LogP contribution in [0.4, 0.5) is 5.69 Å². The average molecular weight is 275 g/mol. The molecule has 0 unspecified atom stereocenters. The quantitative estimate of drug-likeness (QED) is 0.494. The maximum atomic E-state index is 10.7. The van der Waals surface area contributed by atoms with Crippen molar-refractivity contribution in [2.24, 2.45) is 0 Å². The third kappa shape index (κ3) is 2.96. The minimum absolute atomic E-state index is 0.311. The number of carbonyl (C=O) groups excluding carboxylic acids is 1. The number of nitrogens with two attached hydrogens (primary N) is 1. The third-order valence-corrected chi connectivity index (χ3v) is 3.16. The smallest absolute Gasteiger partial charge is 0.149 e. The van der Waals surface area contributed by atoms with Crippen molar-refractivity contribution in [3.8, 4) is 17.6 Å². The van der Waals surface area contributed by atoms with Crippen LogP contribution in [0.1, 0.15) is 16.7 Å². The Balaban J connectivity index is 1.87. The zero-order chi connectivity index (χ0) is 14.7. The van der Waals surface area contributed by atoms with E-state index in [1.54, 1.807) is 0 Å². The molecule has 3 rings (SSSR count). The molecule has 0 spiro atoms. The SMILES string of the molecule is Nc1ccc(C#Cc2ccc3c(c2)OCC(C=O)=C3)cc1. The van der Waals surface area contributed by atoms with E-state index in [1.807, 2.05) is 48.5 Å². The molecule has 0 bridgehead atoms. The van der Waals surface area contributed by atoms with E-state index in [9.17, 15) is 4.79 Å². The zero-order valence-electron chi connectivity index (χ0n) is 11.3. The van der Waals surface area contributed by atoms with Gasteiger partial charge >= 0.3 is 0 Å². The summed E-state index contributed by atoms with van der Waals surface area (Å²) in [6, 6.07) is 13.1. The van der Waals surface area contributed by atoms with Crippen LogP contribution in [0.25, 0.3) is 6.08 Å². The summed E-state index contributed by atoms with van der Waals surface area (Å²) in [7, 11) is 0. The van der Waals surface area contributed by atoms with Crippen LogP contribution in [0.2, 0.25) is 0 Å². The molecule has 102 valence electrons. The number of hydrogen-bond donors (Lipinski definition) is 1. The molecule has 3 heteroatoms. The van der Waals surface area contributed by atoms with Gasteiger partial charge in [-0.3, -0.25) is 4.79 Å². The molecule has 3 nitrogen and oxygen atoms in total. The fourth-order valence-corrected chi connectivity index (χ4v) is 2.04. The first-order valence-electron chi connectivity index (χ1n) is 6.55. The van der Waals surface area contributed by atoms with Gasteiger partial charge in [-0.15, -0.1) is 0 Å². The van der Waals surface area contributed by atoms with E-state index in [1.165, 1.54) is 0 Å². The molecule has 0 saturated heterocycles. The zero-order valence-corrected chi connectivity index (χ0v) is 11.3. The van der Waals surface area contributed by atoms with Gasteiger partial charge < -0.3 is 10.5 Å². The number of rotatable bonds is 1. The van der Waals surface area contributed by atoms with Gasteiger partial charge in [-0.05, 0) is 42.5 Å². The molecule has 1 aliphatic rings. The van der Waals surface area contributed by atoms with Crippen LogP contribution in [0.15, 0.2) is 48.0 Å². The number of benzene rings is 2. The molecule has 2 N–H and O–H groups in total. The predicted octanol–water partition coefficient (Wildman–Crippen LogP) is 2.64. The summed E-state index contributed by atoms with van der Waals surface area (Å²) < 4.78 is 5.55. The Labute approximate surface area is 123 Å². The van der Waals surface area contributed by atoms with Crippen molar-refractivity contribution in [2.45, 2.75) is 0 Å². The molecule has 2 aromatic rings. The molecule has 0 radical (unpaired) electrons. The molecule has 0 aliphatic carbocycles. The largest absolute Gasteiger partial charge is 0.488 e. The maximum Gasteiger partial charge on any atom is 0.149 e. The van der Waals surface area contributed by atoms with Gasteiger partial charge in [0.25, 0.3) is 0 Å². The van der Waals surface area contributed by atoms with Crippen molar-refractivity contribution in [3.63, 3.8) is 0 Å². The fourth-order valence-electron chi connectivity index (χ4n) is 2.04. The van der Waals surface area contributed by atoms with Crippen LogP contribution in [0, 0.1) is 11.8 Å². The lowest BCUT2D eigenvalue weighted by molar-refractivity contribution is -0.105. The number of hydrogen-bond acceptors (Lipinski definition) is 3. The van der Waals surface area contributed by atoms with Gasteiger partial charge in [0.2, 0.25) is 0 Å². The van der Waals surface area contributed by atoms with Crippen molar-refractivity contribution < 1.29 is 9.53 Å². The number of nitrogen functional groups attached to an aromatic ring is 1. The third-order valence-electron chi connectivity index (χ3n) is 3.16. The summed E-state index contributed by atoms with van der Waals surface area (Å²) in [4.78, 5) is 10.7. The van der Waals surface area contributed by atoms with Crippen LogP contribution in [-0.2, 0) is 4.79 Å². The highest BCUT2D eigenvalue weighted by Crippen LogP contribution is 2.26. The van der Waals surface area contributed by atoms with Gasteiger partial charge in [-0.2, -0.15) is 0 Å². The van der Waals surface area contributed by atoms with Crippen molar-refractivity contribution in [3.05, 3.63) is 64.7 Å². The van der Waals surface area contributed by atoms with Crippen molar-refractivity contribution in [1.82, 2.24) is 0 Å². The number of ether oxygens (including phenoxy) is 1. The summed E-state index contributed by atoms with van der Waals surface area (Å²) >= 11 is 0. The summed E-state index contributed by atoms with van der Waals surface area (Å²) in [6.07, 6.45) is 2.65. The van der Waals surface area contributed by atoms with E-state index in [-0.39, 0.29) is 0 Å². The Morgan fingerprint density at radius 2 is 1.76 bits per heavy atom. The van der Waals surface area contributed by atoms with Gasteiger partial charge in [0, 0.05) is 28.0 Å². The Kier molecular flexibility index (Phi) is 3.44. The lowest BCUT2D eigenvalue weighted by Gasteiger charge is -2.14. The van der Waals surface area contributed by atoms with Gasteiger partial charge in [0.05, 0.1) is 0 Å². The second kappa shape index (κ2) is 5.56. The molecular weight excluding hydrogens is 262 g/mol. The first-order chi connectivity index (χ1) is 10.2. The lowest BCUT2D eigenvalue weighted by atomic mass is 10.1. The highest BCUT2D eigenvalue weighted by Gasteiger charge is 2.10. The molecule has 1 aliphatic heterocycles. The van der Waals surface area contributed by atoms with E-state index in [2.05, 4.69) is 11.8 Å². The molecule has 0 fully saturated rings. The van der Waals surface area contributed by atoms with E-state index in [4.69, 9.17) is 10.5 Å². The predicted molar refractivity (Wildman–Crippen MR) is 82.8 cm³/mol. The van der Waals surface area contributed by atoms with Crippen LogP contribution in [-0.4, -0.2) is 12.9 Å². The van der Waals surface area contributed by atoms with Gasteiger partial charge in [0.1, 0.15) is 18.6 Å². The minimum atomic E-state index is 0.311. The molecule has 2 aromatic carbocycles. The highest BCUT2D eigenvalue weighted by molar-refractivity contribution is 5.84. The number of anilines is 1. The summed E-state index contributed by atoms with van der Waals surface area (Å²) in [5, 5.41) is 0. The Morgan fingerprint density at radius 3 is 2.52 bits per heavy atom. The second-order valence-electron chi connectivity index (χ2n) is 4.75. The number of aldehydes is 1. The standard InChI is InChI=1S/C18H13NO2/c19-17-7-4-13(5-8-17)1-2-14-3-6-16-9-15(11-20)12-21-18(16)10-14/h3-11H,12,19H2. The van der Waals surface area contributed by atoms with E-state index in [0.29, 0.717) is 12.2 Å². The van der Waals surface area contributed by atoms with Gasteiger partial charge in [-0.1, -0.05) is 17.9 Å². The normalized spacial score (nSPS) is 12.3. The molecule has 0 saturated carbocycles. The van der Waals surface area contributed by atoms with Gasteiger partial charge in [0.15, 0.2) is 0 Å². The van der Waals surface area contributed by atoms with Crippen molar-refractivity contribution in [2.75, 3.05) is 12.3 Å². The number of carbonyl (C=O) groups is 1. The Morgan fingerprint density at radius 1 is 1.05 bits per heavy atom. The monoisotopic (exact) mass is 275 g/mol. The molecule has 21 heavy (non-hydrogen) atoms.